The second kappa shape index (κ2) is 12.9. The first kappa shape index (κ1) is 27.6. The van der Waals surface area contributed by atoms with Gasteiger partial charge in [0.15, 0.2) is 11.9 Å². The zero-order chi connectivity index (χ0) is 27.1. The summed E-state index contributed by atoms with van der Waals surface area (Å²) in [5, 5.41) is 0. The van der Waals surface area contributed by atoms with Crippen LogP contribution in [0.1, 0.15) is 30.5 Å². The van der Waals surface area contributed by atoms with Gasteiger partial charge in [-0.25, -0.2) is 0 Å². The van der Waals surface area contributed by atoms with Crippen LogP contribution in [0.3, 0.4) is 0 Å². The van der Waals surface area contributed by atoms with Crippen molar-refractivity contribution in [2.24, 2.45) is 0 Å². The molecule has 5 rings (SSSR count). The quantitative estimate of drug-likeness (QED) is 0.290. The first-order chi connectivity index (χ1) is 19.0. The van der Waals surface area contributed by atoms with Gasteiger partial charge >= 0.3 is 0 Å². The Morgan fingerprint density at radius 1 is 0.846 bits per heavy atom. The summed E-state index contributed by atoms with van der Waals surface area (Å²) >= 11 is 1.44. The number of hydrogen-bond donors (Lipinski definition) is 0. The predicted octanol–water partition coefficient (Wildman–Crippen LogP) is 6.05. The van der Waals surface area contributed by atoms with Crippen LogP contribution in [-0.2, 0) is 48.3 Å². The minimum atomic E-state index is -1.12. The summed E-state index contributed by atoms with van der Waals surface area (Å²) in [4.78, 5) is 12.8. The van der Waals surface area contributed by atoms with Crippen LogP contribution < -0.4 is 0 Å². The van der Waals surface area contributed by atoms with Crippen LogP contribution in [0.5, 0.6) is 0 Å². The average molecular weight is 547 g/mol. The normalized spacial score (nSPS) is 24.6. The van der Waals surface area contributed by atoms with E-state index in [4.69, 9.17) is 23.7 Å². The van der Waals surface area contributed by atoms with Gasteiger partial charge in [0.1, 0.15) is 18.0 Å². The molecule has 3 aromatic carbocycles. The van der Waals surface area contributed by atoms with Crippen molar-refractivity contribution < 1.29 is 28.5 Å². The molecule has 39 heavy (non-hydrogen) atoms. The van der Waals surface area contributed by atoms with Crippen molar-refractivity contribution in [3.05, 3.63) is 118 Å². The van der Waals surface area contributed by atoms with Gasteiger partial charge in [0.2, 0.25) is 5.79 Å². The van der Waals surface area contributed by atoms with E-state index in [2.05, 4.69) is 0 Å². The Morgan fingerprint density at radius 3 is 1.92 bits per heavy atom. The van der Waals surface area contributed by atoms with Crippen molar-refractivity contribution in [2.75, 3.05) is 12.4 Å². The minimum Gasteiger partial charge on any atom is -0.462 e. The molecule has 4 atom stereocenters. The highest BCUT2D eigenvalue weighted by Gasteiger charge is 2.60. The molecule has 6 nitrogen and oxygen atoms in total. The van der Waals surface area contributed by atoms with E-state index in [1.165, 1.54) is 11.8 Å². The van der Waals surface area contributed by atoms with Crippen molar-refractivity contribution in [1.29, 1.82) is 0 Å². The van der Waals surface area contributed by atoms with E-state index in [1.54, 1.807) is 13.8 Å². The molecule has 0 amide bonds. The largest absolute Gasteiger partial charge is 0.462 e. The van der Waals surface area contributed by atoms with Crippen LogP contribution in [0.15, 0.2) is 102 Å². The second-order valence-corrected chi connectivity index (χ2v) is 10.8. The summed E-state index contributed by atoms with van der Waals surface area (Å²) in [5.74, 6) is -0.199. The lowest BCUT2D eigenvalue weighted by molar-refractivity contribution is -0.240. The van der Waals surface area contributed by atoms with Crippen molar-refractivity contribution in [1.82, 2.24) is 0 Å². The second-order valence-electron chi connectivity index (χ2n) is 9.78. The highest BCUT2D eigenvalue weighted by Crippen LogP contribution is 2.46. The first-order valence-corrected chi connectivity index (χ1v) is 14.2. The number of rotatable bonds is 11. The number of Topliss-reactive ketones (excluding diaryl/α,β-unsaturated/α-hetero) is 1. The van der Waals surface area contributed by atoms with Crippen LogP contribution in [0.25, 0.3) is 0 Å². The van der Waals surface area contributed by atoms with E-state index in [-0.39, 0.29) is 5.78 Å². The maximum Gasteiger partial charge on any atom is 0.249 e. The molecule has 0 saturated carbocycles. The number of thioether (sulfide) groups is 1. The van der Waals surface area contributed by atoms with Gasteiger partial charge in [-0.1, -0.05) is 91.0 Å². The maximum atomic E-state index is 12.2. The Bertz CT molecular complexity index is 1250. The molecular weight excluding hydrogens is 512 g/mol. The van der Waals surface area contributed by atoms with Crippen LogP contribution >= 0.6 is 11.8 Å². The molecule has 204 valence electrons. The Balaban J connectivity index is 1.41. The minimum absolute atomic E-state index is 0.0216. The summed E-state index contributed by atoms with van der Waals surface area (Å²) in [7, 11) is 0. The molecule has 1 saturated heterocycles. The third-order valence-electron chi connectivity index (χ3n) is 6.78. The lowest BCUT2D eigenvalue weighted by Crippen LogP contribution is -2.51. The number of benzene rings is 3. The highest BCUT2D eigenvalue weighted by molar-refractivity contribution is 8.04. The van der Waals surface area contributed by atoms with Crippen LogP contribution in [0.2, 0.25) is 0 Å². The van der Waals surface area contributed by atoms with E-state index in [9.17, 15) is 4.79 Å². The van der Waals surface area contributed by atoms with Crippen molar-refractivity contribution in [3.8, 4) is 0 Å². The standard InChI is InChI=1S/C32H34O6S/c1-23(33)30-24(2)37-32(22-39-30)31(36-20-27-16-10-5-11-17-27)29(35-19-26-14-8-4-9-15-26)28(38-32)21-34-18-25-12-6-3-7-13-25/h3-17,28-29,31H,18-22H2,1-2H3/t28-,29-,31+,32+/m1/s1. The van der Waals surface area contributed by atoms with E-state index in [0.29, 0.717) is 42.8 Å². The number of carbonyl (C=O) groups is 1. The van der Waals surface area contributed by atoms with Crippen molar-refractivity contribution in [2.45, 2.75) is 57.8 Å². The molecule has 0 unspecified atom stereocenters. The molecule has 3 aromatic rings. The number of hydrogen-bond acceptors (Lipinski definition) is 7. The Kier molecular flexibility index (Phi) is 9.17. The Morgan fingerprint density at radius 2 is 1.38 bits per heavy atom. The predicted molar refractivity (Wildman–Crippen MR) is 151 cm³/mol. The third kappa shape index (κ3) is 6.80. The summed E-state index contributed by atoms with van der Waals surface area (Å²) in [6, 6.07) is 30.1. The summed E-state index contributed by atoms with van der Waals surface area (Å²) in [6.45, 7) is 4.89. The molecule has 0 bridgehead atoms. The zero-order valence-corrected chi connectivity index (χ0v) is 23.1. The van der Waals surface area contributed by atoms with Crippen LogP contribution in [0.4, 0.5) is 0 Å². The molecule has 0 radical (unpaired) electrons. The molecule has 2 aliphatic rings. The number of ketones is 1. The summed E-state index contributed by atoms with van der Waals surface area (Å²) in [5.41, 5.74) is 3.18. The van der Waals surface area contributed by atoms with Crippen LogP contribution in [0, 0.1) is 0 Å². The molecule has 0 aliphatic carbocycles. The molecule has 1 spiro atoms. The van der Waals surface area contributed by atoms with E-state index in [0.717, 1.165) is 16.7 Å². The van der Waals surface area contributed by atoms with Gasteiger partial charge < -0.3 is 23.7 Å². The topological polar surface area (TPSA) is 63.2 Å². The van der Waals surface area contributed by atoms with E-state index < -0.39 is 24.1 Å². The van der Waals surface area contributed by atoms with Gasteiger partial charge in [0.25, 0.3) is 0 Å². The van der Waals surface area contributed by atoms with Crippen molar-refractivity contribution in [3.63, 3.8) is 0 Å². The molecule has 0 aromatic heterocycles. The smallest absolute Gasteiger partial charge is 0.249 e. The average Bonchev–Trinajstić information content (AvgIpc) is 3.23. The fraction of sp³-hybridized carbons (Fsp3) is 0.344. The Hall–Kier alpha value is -2.94. The fourth-order valence-electron chi connectivity index (χ4n) is 4.93. The van der Waals surface area contributed by atoms with Gasteiger partial charge in [-0.05, 0) is 30.5 Å². The summed E-state index contributed by atoms with van der Waals surface area (Å²) < 4.78 is 32.3. The maximum absolute atomic E-state index is 12.2. The number of allylic oxidation sites excluding steroid dienone is 2. The molecule has 7 heteroatoms. The first-order valence-electron chi connectivity index (χ1n) is 13.2. The van der Waals surface area contributed by atoms with Gasteiger partial charge in [-0.3, -0.25) is 4.79 Å². The lowest BCUT2D eigenvalue weighted by atomic mass is 10.0. The highest BCUT2D eigenvalue weighted by atomic mass is 32.2. The molecule has 0 N–H and O–H groups in total. The molecule has 2 aliphatic heterocycles. The van der Waals surface area contributed by atoms with Gasteiger partial charge in [-0.15, -0.1) is 11.8 Å². The van der Waals surface area contributed by atoms with Crippen molar-refractivity contribution >= 4 is 17.5 Å². The lowest BCUT2D eigenvalue weighted by Gasteiger charge is -2.38. The monoisotopic (exact) mass is 546 g/mol. The third-order valence-corrected chi connectivity index (χ3v) is 8.19. The van der Waals surface area contributed by atoms with E-state index >= 15 is 0 Å². The summed E-state index contributed by atoms with van der Waals surface area (Å²) in [6.07, 6.45) is -1.45. The van der Waals surface area contributed by atoms with Gasteiger partial charge in [0.05, 0.1) is 37.1 Å². The SMILES string of the molecule is CC(=O)C1=C(C)O[C@@]2(CS1)O[C@H](COCc1ccccc1)[C@@H](OCc1ccccc1)[C@@H]2OCc1ccccc1. The van der Waals surface area contributed by atoms with Gasteiger partial charge in [0, 0.05) is 0 Å². The molecule has 2 heterocycles. The molecule has 1 fully saturated rings. The zero-order valence-electron chi connectivity index (χ0n) is 22.3. The number of carbonyl (C=O) groups excluding carboxylic acids is 1. The fourth-order valence-corrected chi connectivity index (χ4v) is 6.02. The number of ether oxygens (including phenoxy) is 5. The van der Waals surface area contributed by atoms with Gasteiger partial charge in [-0.2, -0.15) is 0 Å². The van der Waals surface area contributed by atoms with E-state index in [1.807, 2.05) is 91.0 Å². The molecular formula is C32H34O6S. The Labute approximate surface area is 234 Å². The van der Waals surface area contributed by atoms with Crippen LogP contribution in [-0.4, -0.2) is 42.2 Å².